The molecule has 0 heterocycles. The van der Waals surface area contributed by atoms with Gasteiger partial charge in [-0.3, -0.25) is 0 Å². The van der Waals surface area contributed by atoms with Gasteiger partial charge in [0.1, 0.15) is 11.6 Å². The van der Waals surface area contributed by atoms with Crippen LogP contribution in [0.25, 0.3) is 12.2 Å². The van der Waals surface area contributed by atoms with Crippen molar-refractivity contribution >= 4 is 29.4 Å². The molecule has 3 nitrogen and oxygen atoms in total. The summed E-state index contributed by atoms with van der Waals surface area (Å²) in [5.41, 5.74) is 0.977. The average Bonchev–Trinajstić information content (AvgIpc) is 2.55. The Bertz CT molecular complexity index is 717. The lowest BCUT2D eigenvalue weighted by atomic mass is 10.1. The van der Waals surface area contributed by atoms with E-state index >= 15 is 0 Å². The monoisotopic (exact) mass is 353 g/mol. The zero-order chi connectivity index (χ0) is 17.7. The molecule has 0 spiro atoms. The molecular weight excluding hydrogens is 336 g/mol. The molecule has 2 rings (SSSR count). The second kappa shape index (κ2) is 8.24. The van der Waals surface area contributed by atoms with E-state index in [2.05, 4.69) is 5.32 Å². The minimum atomic E-state index is -0.993. The SMILES string of the molecule is CC(Nc1ccc(C=Cc2c(F)cccc2Cl)cc1F)C(O)CO. The van der Waals surface area contributed by atoms with E-state index in [1.54, 1.807) is 25.1 Å². The van der Waals surface area contributed by atoms with Crippen molar-refractivity contribution in [3.63, 3.8) is 0 Å². The smallest absolute Gasteiger partial charge is 0.146 e. The van der Waals surface area contributed by atoms with Gasteiger partial charge in [-0.15, -0.1) is 0 Å². The lowest BCUT2D eigenvalue weighted by Gasteiger charge is -2.20. The molecule has 0 bridgehead atoms. The highest BCUT2D eigenvalue weighted by molar-refractivity contribution is 6.32. The minimum absolute atomic E-state index is 0.205. The number of nitrogens with one attached hydrogen (secondary N) is 1. The summed E-state index contributed by atoms with van der Waals surface area (Å²) < 4.78 is 27.8. The van der Waals surface area contributed by atoms with Crippen molar-refractivity contribution < 1.29 is 19.0 Å². The maximum Gasteiger partial charge on any atom is 0.146 e. The fraction of sp³-hybridized carbons (Fsp3) is 0.222. The fourth-order valence-corrected chi connectivity index (χ4v) is 2.33. The number of aliphatic hydroxyl groups is 2. The van der Waals surface area contributed by atoms with Crippen LogP contribution < -0.4 is 5.32 Å². The molecule has 2 aromatic carbocycles. The Morgan fingerprint density at radius 3 is 2.54 bits per heavy atom. The number of aliphatic hydroxyl groups excluding tert-OH is 2. The van der Waals surface area contributed by atoms with Crippen molar-refractivity contribution in [3.05, 3.63) is 64.2 Å². The van der Waals surface area contributed by atoms with Crippen LogP contribution in [0.5, 0.6) is 0 Å². The van der Waals surface area contributed by atoms with Crippen LogP contribution in [0.3, 0.4) is 0 Å². The predicted octanol–water partition coefficient (Wildman–Crippen LogP) is 3.94. The standard InChI is InChI=1S/C18H18ClF2NO2/c1-11(18(24)10-23)22-17-8-6-12(9-16(17)21)5-7-13-14(19)3-2-4-15(13)20/h2-9,11,18,22-24H,10H2,1H3. The summed E-state index contributed by atoms with van der Waals surface area (Å²) in [4.78, 5) is 0. The van der Waals surface area contributed by atoms with Gasteiger partial charge in [0, 0.05) is 5.56 Å². The first kappa shape index (κ1) is 18.4. The van der Waals surface area contributed by atoms with E-state index < -0.39 is 30.4 Å². The molecule has 2 atom stereocenters. The van der Waals surface area contributed by atoms with E-state index in [0.29, 0.717) is 5.56 Å². The number of hydrogen-bond donors (Lipinski definition) is 3. The van der Waals surface area contributed by atoms with Gasteiger partial charge in [0.15, 0.2) is 0 Å². The topological polar surface area (TPSA) is 52.5 Å². The fourth-order valence-electron chi connectivity index (χ4n) is 2.10. The Hall–Kier alpha value is -1.95. The van der Waals surface area contributed by atoms with E-state index in [4.69, 9.17) is 16.7 Å². The summed E-state index contributed by atoms with van der Waals surface area (Å²) in [6.45, 7) is 1.22. The third-order valence-corrected chi connectivity index (χ3v) is 3.91. The molecule has 0 fully saturated rings. The molecule has 6 heteroatoms. The largest absolute Gasteiger partial charge is 0.394 e. The first-order valence-electron chi connectivity index (χ1n) is 7.39. The first-order chi connectivity index (χ1) is 11.4. The molecule has 2 aromatic rings. The Morgan fingerprint density at radius 1 is 1.17 bits per heavy atom. The Labute approximate surface area is 144 Å². The molecule has 0 aromatic heterocycles. The van der Waals surface area contributed by atoms with E-state index in [1.807, 2.05) is 0 Å². The van der Waals surface area contributed by atoms with Crippen LogP contribution in [-0.2, 0) is 0 Å². The second-order valence-electron chi connectivity index (χ2n) is 5.39. The summed E-state index contributed by atoms with van der Waals surface area (Å²) >= 11 is 5.93. The highest BCUT2D eigenvalue weighted by Gasteiger charge is 2.14. The number of hydrogen-bond acceptors (Lipinski definition) is 3. The maximum atomic E-state index is 14.1. The molecule has 3 N–H and O–H groups in total. The first-order valence-corrected chi connectivity index (χ1v) is 7.77. The summed E-state index contributed by atoms with van der Waals surface area (Å²) in [6, 6.07) is 8.32. The Balaban J connectivity index is 2.16. The zero-order valence-corrected chi connectivity index (χ0v) is 13.8. The average molecular weight is 354 g/mol. The van der Waals surface area contributed by atoms with Crippen molar-refractivity contribution in [3.8, 4) is 0 Å². The number of anilines is 1. The van der Waals surface area contributed by atoms with Crippen LogP contribution in [0.15, 0.2) is 36.4 Å². The van der Waals surface area contributed by atoms with Crippen LogP contribution in [0, 0.1) is 11.6 Å². The van der Waals surface area contributed by atoms with Gasteiger partial charge in [-0.05, 0) is 42.8 Å². The van der Waals surface area contributed by atoms with Gasteiger partial charge in [-0.2, -0.15) is 0 Å². The van der Waals surface area contributed by atoms with Crippen molar-refractivity contribution in [2.75, 3.05) is 11.9 Å². The third-order valence-electron chi connectivity index (χ3n) is 3.58. The zero-order valence-electron chi connectivity index (χ0n) is 13.0. The molecule has 2 unspecified atom stereocenters. The molecule has 0 aliphatic rings. The summed E-state index contributed by atoms with van der Waals surface area (Å²) in [5.74, 6) is -0.974. The summed E-state index contributed by atoms with van der Waals surface area (Å²) in [7, 11) is 0. The van der Waals surface area contributed by atoms with Crippen LogP contribution in [0.2, 0.25) is 5.02 Å². The highest BCUT2D eigenvalue weighted by Crippen LogP contribution is 2.23. The van der Waals surface area contributed by atoms with Gasteiger partial charge in [0.2, 0.25) is 0 Å². The Morgan fingerprint density at radius 2 is 1.92 bits per heavy atom. The molecule has 24 heavy (non-hydrogen) atoms. The molecule has 0 aliphatic carbocycles. The van der Waals surface area contributed by atoms with Crippen molar-refractivity contribution in [1.82, 2.24) is 0 Å². The lowest BCUT2D eigenvalue weighted by Crippen LogP contribution is -2.33. The van der Waals surface area contributed by atoms with Crippen molar-refractivity contribution in [2.45, 2.75) is 19.1 Å². The van der Waals surface area contributed by atoms with Crippen molar-refractivity contribution in [1.29, 1.82) is 0 Å². The molecule has 0 radical (unpaired) electrons. The summed E-state index contributed by atoms with van der Waals surface area (Å²) in [5, 5.41) is 21.5. The Kier molecular flexibility index (Phi) is 6.31. The van der Waals surface area contributed by atoms with Crippen LogP contribution in [0.1, 0.15) is 18.1 Å². The predicted molar refractivity (Wildman–Crippen MR) is 92.9 cm³/mol. The molecule has 0 aliphatic heterocycles. The number of halogens is 3. The highest BCUT2D eigenvalue weighted by atomic mass is 35.5. The number of rotatable bonds is 6. The normalized spacial score (nSPS) is 13.9. The van der Waals surface area contributed by atoms with E-state index in [-0.39, 0.29) is 16.3 Å². The van der Waals surface area contributed by atoms with Gasteiger partial charge < -0.3 is 15.5 Å². The van der Waals surface area contributed by atoms with Gasteiger partial charge >= 0.3 is 0 Å². The molecule has 0 saturated heterocycles. The van der Waals surface area contributed by atoms with Crippen molar-refractivity contribution in [2.24, 2.45) is 0 Å². The second-order valence-corrected chi connectivity index (χ2v) is 5.80. The van der Waals surface area contributed by atoms with Crippen LogP contribution in [-0.4, -0.2) is 29.0 Å². The molecule has 0 saturated carbocycles. The maximum absolute atomic E-state index is 14.1. The van der Waals surface area contributed by atoms with Gasteiger partial charge in [0.05, 0.1) is 29.5 Å². The van der Waals surface area contributed by atoms with Crippen LogP contribution >= 0.6 is 11.6 Å². The lowest BCUT2D eigenvalue weighted by molar-refractivity contribution is 0.0838. The minimum Gasteiger partial charge on any atom is -0.394 e. The van der Waals surface area contributed by atoms with Gasteiger partial charge in [-0.25, -0.2) is 8.78 Å². The van der Waals surface area contributed by atoms with E-state index in [0.717, 1.165) is 0 Å². The van der Waals surface area contributed by atoms with Gasteiger partial charge in [-0.1, -0.05) is 29.8 Å². The van der Waals surface area contributed by atoms with Gasteiger partial charge in [0.25, 0.3) is 0 Å². The number of benzene rings is 2. The molecule has 0 amide bonds. The van der Waals surface area contributed by atoms with E-state index in [9.17, 15) is 13.9 Å². The quantitative estimate of drug-likeness (QED) is 0.689. The molecule has 128 valence electrons. The van der Waals surface area contributed by atoms with Crippen LogP contribution in [0.4, 0.5) is 14.5 Å². The van der Waals surface area contributed by atoms with E-state index in [1.165, 1.54) is 30.3 Å². The molecular formula is C18H18ClF2NO2. The summed E-state index contributed by atoms with van der Waals surface area (Å²) in [6.07, 6.45) is 2.05. The third kappa shape index (κ3) is 4.54.